The van der Waals surface area contributed by atoms with Crippen molar-refractivity contribution in [1.29, 1.82) is 0 Å². The molecule has 0 spiro atoms. The average Bonchev–Trinajstić information content (AvgIpc) is 3.06. The van der Waals surface area contributed by atoms with E-state index in [1.165, 1.54) is 4.90 Å². The molecule has 7 nitrogen and oxygen atoms in total. The molecule has 1 heterocycles. The quantitative estimate of drug-likeness (QED) is 0.842. The summed E-state index contributed by atoms with van der Waals surface area (Å²) in [7, 11) is 0. The highest BCUT2D eigenvalue weighted by Crippen LogP contribution is 2.68. The van der Waals surface area contributed by atoms with Crippen LogP contribution in [0.3, 0.4) is 0 Å². The van der Waals surface area contributed by atoms with Crippen molar-refractivity contribution in [3.8, 4) is 5.75 Å². The van der Waals surface area contributed by atoms with Gasteiger partial charge in [-0.25, -0.2) is 0 Å². The lowest BCUT2D eigenvalue weighted by molar-refractivity contribution is -0.151. The number of likely N-dealkylation sites (tertiary alicyclic amines) is 1. The summed E-state index contributed by atoms with van der Waals surface area (Å²) in [6.07, 6.45) is 0.0710. The molecule has 1 aromatic rings. The summed E-state index contributed by atoms with van der Waals surface area (Å²) in [6, 6.07) is 6.68. The molecule has 1 aliphatic heterocycles. The number of para-hydroxylation sites is 1. The Labute approximate surface area is 132 Å². The number of amides is 1. The van der Waals surface area contributed by atoms with E-state index in [9.17, 15) is 24.6 Å². The highest BCUT2D eigenvalue weighted by atomic mass is 16.5. The summed E-state index contributed by atoms with van der Waals surface area (Å²) < 4.78 is 5.42. The van der Waals surface area contributed by atoms with Gasteiger partial charge in [0.1, 0.15) is 16.6 Å². The van der Waals surface area contributed by atoms with E-state index in [0.29, 0.717) is 17.9 Å². The maximum atomic E-state index is 12.7. The number of fused-ring (bicyclic) bond motifs is 1. The Hall–Kier alpha value is -2.57. The van der Waals surface area contributed by atoms with Gasteiger partial charge in [-0.3, -0.25) is 14.4 Å². The second-order valence-corrected chi connectivity index (χ2v) is 6.04. The van der Waals surface area contributed by atoms with Crippen LogP contribution in [0.5, 0.6) is 5.75 Å². The standard InChI is InChI=1S/C16H17NO6/c1-2-23-11-6-4-3-5-10(11)12(18)17-8-15(13(19)20)7-16(15,9-17)14(21)22/h3-6H,2,7-9H2,1H3,(H,19,20)(H,21,22)/t15-,16+. The number of carboxylic acids is 2. The van der Waals surface area contributed by atoms with Gasteiger partial charge < -0.3 is 19.8 Å². The van der Waals surface area contributed by atoms with E-state index in [2.05, 4.69) is 0 Å². The topological polar surface area (TPSA) is 104 Å². The van der Waals surface area contributed by atoms with E-state index < -0.39 is 28.7 Å². The second kappa shape index (κ2) is 4.97. The van der Waals surface area contributed by atoms with Gasteiger partial charge in [0.15, 0.2) is 0 Å². The number of aliphatic carboxylic acids is 2. The van der Waals surface area contributed by atoms with Crippen LogP contribution in [0, 0.1) is 10.8 Å². The zero-order valence-electron chi connectivity index (χ0n) is 12.6. The van der Waals surface area contributed by atoms with E-state index in [0.717, 1.165) is 0 Å². The van der Waals surface area contributed by atoms with E-state index in [1.54, 1.807) is 31.2 Å². The second-order valence-electron chi connectivity index (χ2n) is 6.04. The fraction of sp³-hybridized carbons (Fsp3) is 0.438. The van der Waals surface area contributed by atoms with Crippen LogP contribution in [-0.2, 0) is 9.59 Å². The largest absolute Gasteiger partial charge is 0.493 e. The maximum absolute atomic E-state index is 12.7. The number of carbonyl (C=O) groups excluding carboxylic acids is 1. The number of hydrogen-bond donors (Lipinski definition) is 2. The SMILES string of the molecule is CCOc1ccccc1C(=O)N1C[C@@]2(C(=O)O)C[C@@]2(C(=O)O)C1. The first kappa shape index (κ1) is 15.3. The van der Waals surface area contributed by atoms with E-state index >= 15 is 0 Å². The minimum absolute atomic E-state index is 0.0710. The van der Waals surface area contributed by atoms with Crippen LogP contribution < -0.4 is 4.74 Å². The number of carbonyl (C=O) groups is 3. The number of carboxylic acid groups (broad SMARTS) is 2. The normalized spacial score (nSPS) is 28.1. The molecular formula is C16H17NO6. The Morgan fingerprint density at radius 2 is 1.70 bits per heavy atom. The van der Waals surface area contributed by atoms with Crippen molar-refractivity contribution in [2.24, 2.45) is 10.8 Å². The predicted molar refractivity (Wildman–Crippen MR) is 78.3 cm³/mol. The summed E-state index contributed by atoms with van der Waals surface area (Å²) >= 11 is 0. The fourth-order valence-electron chi connectivity index (χ4n) is 3.53. The smallest absolute Gasteiger partial charge is 0.312 e. The van der Waals surface area contributed by atoms with Gasteiger partial charge in [-0.15, -0.1) is 0 Å². The lowest BCUT2D eigenvalue weighted by Gasteiger charge is -2.21. The number of rotatable bonds is 5. The summed E-state index contributed by atoms with van der Waals surface area (Å²) in [5.41, 5.74) is -2.42. The Morgan fingerprint density at radius 1 is 1.13 bits per heavy atom. The van der Waals surface area contributed by atoms with E-state index in [4.69, 9.17) is 4.74 Å². The zero-order chi connectivity index (χ0) is 16.8. The molecule has 0 radical (unpaired) electrons. The molecular weight excluding hydrogens is 302 g/mol. The van der Waals surface area contributed by atoms with Crippen LogP contribution in [0.4, 0.5) is 0 Å². The Morgan fingerprint density at radius 3 is 2.22 bits per heavy atom. The monoisotopic (exact) mass is 319 g/mol. The molecule has 23 heavy (non-hydrogen) atoms. The van der Waals surface area contributed by atoms with Crippen molar-refractivity contribution in [3.63, 3.8) is 0 Å². The number of benzene rings is 1. The predicted octanol–water partition coefficient (Wildman–Crippen LogP) is 1.09. The molecule has 2 atom stereocenters. The Balaban J connectivity index is 1.89. The van der Waals surface area contributed by atoms with Gasteiger partial charge in [0.05, 0.1) is 12.2 Å². The van der Waals surface area contributed by atoms with Crippen molar-refractivity contribution in [1.82, 2.24) is 4.90 Å². The Kier molecular flexibility index (Phi) is 3.31. The average molecular weight is 319 g/mol. The Bertz CT molecular complexity index is 674. The van der Waals surface area contributed by atoms with Crippen LogP contribution in [0.1, 0.15) is 23.7 Å². The molecule has 1 saturated heterocycles. The molecule has 2 aliphatic rings. The molecule has 1 aliphatic carbocycles. The maximum Gasteiger partial charge on any atom is 0.312 e. The minimum atomic E-state index is -1.37. The molecule has 0 bridgehead atoms. The lowest BCUT2D eigenvalue weighted by atomic mass is 9.97. The summed E-state index contributed by atoms with van der Waals surface area (Å²) in [5, 5.41) is 18.8. The van der Waals surface area contributed by atoms with Gasteiger partial charge in [-0.1, -0.05) is 12.1 Å². The van der Waals surface area contributed by atoms with Gasteiger partial charge in [0.2, 0.25) is 0 Å². The van der Waals surface area contributed by atoms with Gasteiger partial charge in [-0.2, -0.15) is 0 Å². The molecule has 2 fully saturated rings. The van der Waals surface area contributed by atoms with Gasteiger partial charge in [0.25, 0.3) is 5.91 Å². The van der Waals surface area contributed by atoms with Crippen molar-refractivity contribution >= 4 is 17.8 Å². The molecule has 1 aromatic carbocycles. The third-order valence-corrected chi connectivity index (χ3v) is 4.84. The van der Waals surface area contributed by atoms with Crippen LogP contribution in [0.15, 0.2) is 24.3 Å². The van der Waals surface area contributed by atoms with Gasteiger partial charge in [-0.05, 0) is 25.5 Å². The number of piperidine rings is 1. The third-order valence-electron chi connectivity index (χ3n) is 4.84. The zero-order valence-corrected chi connectivity index (χ0v) is 12.6. The molecule has 1 amide bonds. The highest BCUT2D eigenvalue weighted by molar-refractivity contribution is 6.01. The summed E-state index contributed by atoms with van der Waals surface area (Å²) in [4.78, 5) is 37.1. The van der Waals surface area contributed by atoms with Crippen molar-refractivity contribution in [3.05, 3.63) is 29.8 Å². The third kappa shape index (κ3) is 1.99. The number of hydrogen-bond acceptors (Lipinski definition) is 4. The van der Waals surface area contributed by atoms with Gasteiger partial charge >= 0.3 is 11.9 Å². The number of nitrogens with zero attached hydrogens (tertiary/aromatic N) is 1. The molecule has 1 saturated carbocycles. The molecule has 7 heteroatoms. The summed E-state index contributed by atoms with van der Waals surface area (Å²) in [5.74, 6) is -2.31. The molecule has 2 N–H and O–H groups in total. The van der Waals surface area contributed by atoms with Crippen LogP contribution in [0.2, 0.25) is 0 Å². The highest BCUT2D eigenvalue weighted by Gasteiger charge is 2.81. The molecule has 0 aromatic heterocycles. The first-order chi connectivity index (χ1) is 10.9. The molecule has 3 rings (SSSR count). The fourth-order valence-corrected chi connectivity index (χ4v) is 3.53. The van der Waals surface area contributed by atoms with Crippen LogP contribution in [-0.4, -0.2) is 52.7 Å². The van der Waals surface area contributed by atoms with Crippen LogP contribution in [0.25, 0.3) is 0 Å². The summed E-state index contributed by atoms with van der Waals surface area (Å²) in [6.45, 7) is 2.01. The molecule has 122 valence electrons. The van der Waals surface area contributed by atoms with Crippen molar-refractivity contribution < 1.29 is 29.3 Å². The van der Waals surface area contributed by atoms with E-state index in [1.807, 2.05) is 0 Å². The van der Waals surface area contributed by atoms with E-state index in [-0.39, 0.29) is 19.5 Å². The van der Waals surface area contributed by atoms with Crippen molar-refractivity contribution in [2.75, 3.05) is 19.7 Å². The van der Waals surface area contributed by atoms with Gasteiger partial charge in [0, 0.05) is 13.1 Å². The van der Waals surface area contributed by atoms with Crippen LogP contribution >= 0.6 is 0 Å². The lowest BCUT2D eigenvalue weighted by Crippen LogP contribution is -2.34. The van der Waals surface area contributed by atoms with Crippen molar-refractivity contribution in [2.45, 2.75) is 13.3 Å². The minimum Gasteiger partial charge on any atom is -0.493 e. The molecule has 0 unspecified atom stereocenters. The number of ether oxygens (including phenoxy) is 1. The first-order valence-electron chi connectivity index (χ1n) is 7.36. The first-order valence-corrected chi connectivity index (χ1v) is 7.36.